The number of nitrogens with zero attached hydrogens (tertiary/aromatic N) is 1. The van der Waals surface area contributed by atoms with Gasteiger partial charge in [0.05, 0.1) is 4.83 Å². The van der Waals surface area contributed by atoms with Crippen LogP contribution in [-0.4, -0.2) is 4.98 Å². The lowest BCUT2D eigenvalue weighted by Crippen LogP contribution is -1.92. The van der Waals surface area contributed by atoms with Gasteiger partial charge in [0, 0.05) is 26.7 Å². The lowest BCUT2D eigenvalue weighted by molar-refractivity contribution is 0.965. The van der Waals surface area contributed by atoms with Crippen LogP contribution in [0.15, 0.2) is 42.0 Å². The molecule has 86 valence electrons. The molecule has 1 nitrogen and oxygen atoms in total. The molecule has 0 saturated heterocycles. The Morgan fingerprint density at radius 1 is 1.18 bits per heavy atom. The van der Waals surface area contributed by atoms with Gasteiger partial charge in [-0.15, -0.1) is 22.7 Å². The van der Waals surface area contributed by atoms with E-state index in [9.17, 15) is 0 Å². The van der Waals surface area contributed by atoms with Crippen LogP contribution in [0.2, 0.25) is 0 Å². The van der Waals surface area contributed by atoms with Crippen LogP contribution in [0.1, 0.15) is 15.3 Å². The first-order chi connectivity index (χ1) is 8.33. The van der Waals surface area contributed by atoms with Crippen molar-refractivity contribution in [2.24, 2.45) is 0 Å². The Labute approximate surface area is 116 Å². The van der Waals surface area contributed by atoms with E-state index in [0.29, 0.717) is 4.83 Å². The number of alkyl halides is 1. The average Bonchev–Trinajstić information content (AvgIpc) is 2.90. The second-order valence-electron chi connectivity index (χ2n) is 3.82. The fourth-order valence-corrected chi connectivity index (χ4v) is 4.65. The zero-order valence-corrected chi connectivity index (χ0v) is 12.2. The minimum Gasteiger partial charge on any atom is -0.265 e. The van der Waals surface area contributed by atoms with Crippen LogP contribution in [0.4, 0.5) is 0 Å². The van der Waals surface area contributed by atoms with E-state index in [-0.39, 0.29) is 0 Å². The molecule has 3 aromatic heterocycles. The van der Waals surface area contributed by atoms with Gasteiger partial charge in [0.25, 0.3) is 0 Å². The van der Waals surface area contributed by atoms with Gasteiger partial charge >= 0.3 is 0 Å². The number of halogens is 1. The van der Waals surface area contributed by atoms with E-state index >= 15 is 0 Å². The third kappa shape index (κ3) is 2.44. The average molecular weight is 324 g/mol. The van der Waals surface area contributed by atoms with Gasteiger partial charge < -0.3 is 0 Å². The normalized spacial score (nSPS) is 13.0. The Morgan fingerprint density at radius 3 is 2.76 bits per heavy atom. The van der Waals surface area contributed by atoms with Crippen molar-refractivity contribution in [1.82, 2.24) is 4.98 Å². The maximum atomic E-state index is 4.04. The van der Waals surface area contributed by atoms with Gasteiger partial charge in [-0.05, 0) is 41.6 Å². The molecule has 0 N–H and O–H groups in total. The first-order valence-electron chi connectivity index (χ1n) is 5.33. The van der Waals surface area contributed by atoms with Crippen molar-refractivity contribution in [1.29, 1.82) is 0 Å². The number of rotatable bonds is 3. The van der Waals surface area contributed by atoms with Crippen molar-refractivity contribution in [3.63, 3.8) is 0 Å². The number of hydrogen-bond donors (Lipinski definition) is 0. The molecule has 0 saturated carbocycles. The molecule has 0 aliphatic rings. The first kappa shape index (κ1) is 11.4. The second-order valence-corrected chi connectivity index (χ2v) is 6.99. The van der Waals surface area contributed by atoms with Gasteiger partial charge in [-0.3, -0.25) is 4.98 Å². The molecule has 0 aliphatic heterocycles. The predicted octanol–water partition coefficient (Wildman–Crippen LogP) is 5.04. The van der Waals surface area contributed by atoms with E-state index in [1.165, 1.54) is 19.8 Å². The summed E-state index contributed by atoms with van der Waals surface area (Å²) in [5.74, 6) is 0. The molecule has 0 spiro atoms. The third-order valence-electron chi connectivity index (χ3n) is 2.63. The number of fused-ring (bicyclic) bond motifs is 1. The fraction of sp³-hybridized carbons (Fsp3) is 0.154. The zero-order valence-electron chi connectivity index (χ0n) is 8.97. The number of hydrogen-bond acceptors (Lipinski definition) is 3. The maximum absolute atomic E-state index is 4.04. The van der Waals surface area contributed by atoms with Crippen molar-refractivity contribution in [2.45, 2.75) is 11.2 Å². The third-order valence-corrected chi connectivity index (χ3v) is 5.96. The van der Waals surface area contributed by atoms with E-state index in [4.69, 9.17) is 0 Å². The van der Waals surface area contributed by atoms with Crippen LogP contribution in [0, 0.1) is 0 Å². The van der Waals surface area contributed by atoms with Crippen LogP contribution >= 0.6 is 38.6 Å². The van der Waals surface area contributed by atoms with Crippen molar-refractivity contribution < 1.29 is 0 Å². The highest BCUT2D eigenvalue weighted by atomic mass is 79.9. The Hall–Kier alpha value is -0.710. The van der Waals surface area contributed by atoms with E-state index < -0.39 is 0 Å². The lowest BCUT2D eigenvalue weighted by atomic mass is 10.1. The topological polar surface area (TPSA) is 12.9 Å². The van der Waals surface area contributed by atoms with Crippen LogP contribution in [0.3, 0.4) is 0 Å². The highest BCUT2D eigenvalue weighted by Gasteiger charge is 2.12. The van der Waals surface area contributed by atoms with Gasteiger partial charge in [0.2, 0.25) is 0 Å². The molecule has 3 rings (SSSR count). The highest BCUT2D eigenvalue weighted by molar-refractivity contribution is 9.09. The quantitative estimate of drug-likeness (QED) is 0.615. The molecule has 0 bridgehead atoms. The first-order valence-corrected chi connectivity index (χ1v) is 7.94. The lowest BCUT2D eigenvalue weighted by Gasteiger charge is -2.06. The summed E-state index contributed by atoms with van der Waals surface area (Å²) >= 11 is 7.47. The molecule has 0 aromatic carbocycles. The highest BCUT2D eigenvalue weighted by Crippen LogP contribution is 2.38. The molecule has 17 heavy (non-hydrogen) atoms. The molecule has 1 unspecified atom stereocenters. The van der Waals surface area contributed by atoms with Crippen LogP contribution < -0.4 is 0 Å². The maximum Gasteiger partial charge on any atom is 0.0530 e. The van der Waals surface area contributed by atoms with Gasteiger partial charge in [0.15, 0.2) is 0 Å². The fourth-order valence-electron chi connectivity index (χ4n) is 1.77. The van der Waals surface area contributed by atoms with Crippen molar-refractivity contribution in [3.05, 3.63) is 52.5 Å². The monoisotopic (exact) mass is 323 g/mol. The Morgan fingerprint density at radius 2 is 2.00 bits per heavy atom. The Bertz CT molecular complexity index is 586. The number of pyridine rings is 1. The molecule has 1 atom stereocenters. The summed E-state index contributed by atoms with van der Waals surface area (Å²) in [5.41, 5.74) is 1.32. The summed E-state index contributed by atoms with van der Waals surface area (Å²) in [7, 11) is 0. The summed E-state index contributed by atoms with van der Waals surface area (Å²) < 4.78 is 2.79. The van der Waals surface area contributed by atoms with Gasteiger partial charge in [0.1, 0.15) is 0 Å². The summed E-state index contributed by atoms with van der Waals surface area (Å²) in [5, 5.41) is 2.15. The zero-order chi connectivity index (χ0) is 11.7. The minimum absolute atomic E-state index is 0.398. The minimum atomic E-state index is 0.398. The Balaban J connectivity index is 1.82. The largest absolute Gasteiger partial charge is 0.265 e. The molecule has 3 heterocycles. The van der Waals surface area contributed by atoms with E-state index in [1.54, 1.807) is 0 Å². The molecule has 0 aliphatic carbocycles. The van der Waals surface area contributed by atoms with Crippen molar-refractivity contribution in [2.75, 3.05) is 0 Å². The number of aromatic nitrogens is 1. The molecular formula is C13H10BrNS2. The molecule has 0 fully saturated rings. The van der Waals surface area contributed by atoms with E-state index in [1.807, 2.05) is 35.1 Å². The summed E-state index contributed by atoms with van der Waals surface area (Å²) in [6, 6.07) is 8.64. The smallest absolute Gasteiger partial charge is 0.0530 e. The van der Waals surface area contributed by atoms with Crippen LogP contribution in [-0.2, 0) is 6.42 Å². The Kier molecular flexibility index (Phi) is 3.27. The van der Waals surface area contributed by atoms with Crippen molar-refractivity contribution in [3.8, 4) is 0 Å². The summed E-state index contributed by atoms with van der Waals surface area (Å²) in [6.07, 6.45) is 4.71. The molecule has 0 radical (unpaired) electrons. The van der Waals surface area contributed by atoms with Gasteiger partial charge in [-0.2, -0.15) is 0 Å². The predicted molar refractivity (Wildman–Crippen MR) is 79.3 cm³/mol. The van der Waals surface area contributed by atoms with E-state index in [2.05, 4.69) is 50.6 Å². The van der Waals surface area contributed by atoms with Crippen LogP contribution in [0.25, 0.3) is 9.40 Å². The van der Waals surface area contributed by atoms with Gasteiger partial charge in [-0.1, -0.05) is 15.9 Å². The summed E-state index contributed by atoms with van der Waals surface area (Å²) in [6.45, 7) is 0. The molecule has 0 amide bonds. The van der Waals surface area contributed by atoms with Gasteiger partial charge in [-0.25, -0.2) is 0 Å². The molecule has 3 aromatic rings. The standard InChI is InChI=1S/C13H10BrNS2/c14-10(7-9-1-4-15-5-2-9)12-8-13-11(17-12)3-6-16-13/h1-6,8,10H,7H2. The summed E-state index contributed by atoms with van der Waals surface area (Å²) in [4.78, 5) is 5.84. The molecule has 4 heteroatoms. The van der Waals surface area contributed by atoms with E-state index in [0.717, 1.165) is 6.42 Å². The SMILES string of the molecule is BrC(Cc1ccncc1)c1cc2sccc2s1. The van der Waals surface area contributed by atoms with Crippen LogP contribution in [0.5, 0.6) is 0 Å². The number of thiophene rings is 2. The second kappa shape index (κ2) is 4.88. The molecular weight excluding hydrogens is 314 g/mol. The van der Waals surface area contributed by atoms with Crippen molar-refractivity contribution >= 4 is 48.0 Å².